The average molecular weight is 497 g/mol. The van der Waals surface area contributed by atoms with Crippen molar-refractivity contribution in [2.45, 2.75) is 78.4 Å². The lowest BCUT2D eigenvalue weighted by Crippen LogP contribution is -2.24. The Hall–Kier alpha value is -1.72. The molecule has 4 nitrogen and oxygen atoms in total. The molecule has 0 atom stereocenters. The Morgan fingerprint density at radius 1 is 0.556 bits per heavy atom. The van der Waals surface area contributed by atoms with E-state index in [2.05, 4.69) is 86.3 Å². The van der Waals surface area contributed by atoms with Gasteiger partial charge in [-0.2, -0.15) is 0 Å². The van der Waals surface area contributed by atoms with Crippen LogP contribution >= 0.6 is 0 Å². The van der Waals surface area contributed by atoms with Crippen molar-refractivity contribution in [3.05, 3.63) is 59.7 Å². The summed E-state index contributed by atoms with van der Waals surface area (Å²) in [5.74, 6) is 0. The van der Waals surface area contributed by atoms with Gasteiger partial charge in [0.1, 0.15) is 0 Å². The highest BCUT2D eigenvalue weighted by molar-refractivity contribution is 5.64. The fraction of sp³-hybridized carbons (Fsp3) is 0.625. The first-order valence-electron chi connectivity index (χ1n) is 14.3. The summed E-state index contributed by atoms with van der Waals surface area (Å²) in [6, 6.07) is 17.4. The minimum atomic E-state index is 0.659. The molecule has 0 heterocycles. The number of rotatable bonds is 21. The van der Waals surface area contributed by atoms with Crippen molar-refractivity contribution >= 4 is 0 Å². The minimum Gasteiger partial charge on any atom is -0.375 e. The summed E-state index contributed by atoms with van der Waals surface area (Å²) in [5, 5.41) is 0. The second-order valence-corrected chi connectivity index (χ2v) is 10.2. The number of unbranched alkanes of at least 4 members (excludes halogenated alkanes) is 6. The maximum Gasteiger partial charge on any atom is 0.0717 e. The van der Waals surface area contributed by atoms with Gasteiger partial charge in [0.25, 0.3) is 0 Å². The van der Waals surface area contributed by atoms with Crippen molar-refractivity contribution in [2.24, 2.45) is 0 Å². The summed E-state index contributed by atoms with van der Waals surface area (Å²) in [5.41, 5.74) is 4.92. The Labute approximate surface area is 222 Å². The summed E-state index contributed by atoms with van der Waals surface area (Å²) in [4.78, 5) is 4.76. The molecule has 0 radical (unpaired) electrons. The Bertz CT molecular complexity index is 743. The SMILES string of the molecule is CCCCCCN(C)CCOCc1cccc(-c2cccc(COCCN(C)CCCCCC)c2)c1. The smallest absolute Gasteiger partial charge is 0.0717 e. The van der Waals surface area contributed by atoms with Gasteiger partial charge in [-0.1, -0.05) is 88.8 Å². The van der Waals surface area contributed by atoms with Gasteiger partial charge < -0.3 is 19.3 Å². The Kier molecular flexibility index (Phi) is 16.4. The molecule has 0 unspecified atom stereocenters. The first kappa shape index (κ1) is 30.5. The van der Waals surface area contributed by atoms with E-state index in [-0.39, 0.29) is 0 Å². The lowest BCUT2D eigenvalue weighted by Gasteiger charge is -2.16. The Balaban J connectivity index is 1.71. The summed E-state index contributed by atoms with van der Waals surface area (Å²) in [6.45, 7) is 11.7. The second kappa shape index (κ2) is 19.4. The largest absolute Gasteiger partial charge is 0.375 e. The van der Waals surface area contributed by atoms with E-state index >= 15 is 0 Å². The van der Waals surface area contributed by atoms with Crippen LogP contribution in [0.2, 0.25) is 0 Å². The van der Waals surface area contributed by atoms with Crippen LogP contribution in [0, 0.1) is 0 Å². The zero-order valence-electron chi connectivity index (χ0n) is 23.6. The van der Waals surface area contributed by atoms with Gasteiger partial charge in [-0.05, 0) is 74.4 Å². The standard InChI is InChI=1S/C32H52N2O2/c1-5-7-9-11-19-33(3)21-23-35-27-29-15-13-17-31(25-29)32-18-14-16-30(26-32)28-36-24-22-34(4)20-12-10-8-6-2/h13-18,25-26H,5-12,19-24,27-28H2,1-4H3. The molecule has 36 heavy (non-hydrogen) atoms. The highest BCUT2D eigenvalue weighted by Crippen LogP contribution is 2.22. The molecule has 0 spiro atoms. The monoisotopic (exact) mass is 496 g/mol. The highest BCUT2D eigenvalue weighted by Gasteiger charge is 2.04. The van der Waals surface area contributed by atoms with Gasteiger partial charge in [-0.15, -0.1) is 0 Å². The number of hydrogen-bond acceptors (Lipinski definition) is 4. The predicted octanol–water partition coefficient (Wildman–Crippen LogP) is 7.41. The zero-order chi connectivity index (χ0) is 25.8. The molecule has 0 N–H and O–H groups in total. The highest BCUT2D eigenvalue weighted by atomic mass is 16.5. The van der Waals surface area contributed by atoms with Crippen LogP contribution in [0.4, 0.5) is 0 Å². The summed E-state index contributed by atoms with van der Waals surface area (Å²) >= 11 is 0. The third kappa shape index (κ3) is 13.5. The van der Waals surface area contributed by atoms with Gasteiger partial charge in [0.2, 0.25) is 0 Å². The zero-order valence-corrected chi connectivity index (χ0v) is 23.6. The van der Waals surface area contributed by atoms with Crippen molar-refractivity contribution in [3.8, 4) is 11.1 Å². The molecule has 2 aromatic rings. The molecule has 0 aliphatic heterocycles. The van der Waals surface area contributed by atoms with Gasteiger partial charge >= 0.3 is 0 Å². The van der Waals surface area contributed by atoms with E-state index in [0.717, 1.165) is 39.4 Å². The van der Waals surface area contributed by atoms with Gasteiger partial charge in [0.05, 0.1) is 26.4 Å². The molecule has 2 aromatic carbocycles. The summed E-state index contributed by atoms with van der Waals surface area (Å²) < 4.78 is 12.0. The lowest BCUT2D eigenvalue weighted by molar-refractivity contribution is 0.0991. The van der Waals surface area contributed by atoms with Crippen molar-refractivity contribution in [2.75, 3.05) is 53.5 Å². The van der Waals surface area contributed by atoms with E-state index in [4.69, 9.17) is 9.47 Å². The quantitative estimate of drug-likeness (QED) is 0.168. The number of ether oxygens (including phenoxy) is 2. The maximum absolute atomic E-state index is 5.99. The van der Waals surface area contributed by atoms with Crippen LogP contribution in [0.5, 0.6) is 0 Å². The van der Waals surface area contributed by atoms with Crippen molar-refractivity contribution in [1.82, 2.24) is 9.80 Å². The maximum atomic E-state index is 5.99. The number of nitrogens with zero attached hydrogens (tertiary/aromatic N) is 2. The van der Waals surface area contributed by atoms with E-state index in [9.17, 15) is 0 Å². The predicted molar refractivity (Wildman–Crippen MR) is 154 cm³/mol. The lowest BCUT2D eigenvalue weighted by atomic mass is 10.0. The van der Waals surface area contributed by atoms with Crippen LogP contribution in [-0.4, -0.2) is 63.3 Å². The molecule has 0 amide bonds. The van der Waals surface area contributed by atoms with E-state index in [1.54, 1.807) is 0 Å². The van der Waals surface area contributed by atoms with Gasteiger partial charge in [0, 0.05) is 13.1 Å². The van der Waals surface area contributed by atoms with Crippen LogP contribution in [0.15, 0.2) is 48.5 Å². The molecule has 0 aliphatic carbocycles. The molecule has 0 bridgehead atoms. The van der Waals surface area contributed by atoms with Crippen LogP contribution < -0.4 is 0 Å². The van der Waals surface area contributed by atoms with Gasteiger partial charge in [0.15, 0.2) is 0 Å². The molecular weight excluding hydrogens is 444 g/mol. The first-order valence-corrected chi connectivity index (χ1v) is 14.3. The Morgan fingerprint density at radius 2 is 1.00 bits per heavy atom. The second-order valence-electron chi connectivity index (χ2n) is 10.2. The van der Waals surface area contributed by atoms with E-state index in [1.807, 2.05) is 0 Å². The normalized spacial score (nSPS) is 11.6. The fourth-order valence-electron chi connectivity index (χ4n) is 4.34. The summed E-state index contributed by atoms with van der Waals surface area (Å²) in [7, 11) is 4.39. The topological polar surface area (TPSA) is 24.9 Å². The van der Waals surface area contributed by atoms with Crippen LogP contribution in [0.1, 0.15) is 76.3 Å². The molecule has 0 fully saturated rings. The van der Waals surface area contributed by atoms with E-state index in [1.165, 1.54) is 73.6 Å². The molecule has 4 heteroatoms. The third-order valence-electron chi connectivity index (χ3n) is 6.75. The molecule has 0 saturated heterocycles. The van der Waals surface area contributed by atoms with Crippen LogP contribution in [0.3, 0.4) is 0 Å². The third-order valence-corrected chi connectivity index (χ3v) is 6.75. The Morgan fingerprint density at radius 3 is 1.42 bits per heavy atom. The summed E-state index contributed by atoms with van der Waals surface area (Å²) in [6.07, 6.45) is 10.5. The minimum absolute atomic E-state index is 0.659. The molecule has 0 saturated carbocycles. The number of benzene rings is 2. The van der Waals surface area contributed by atoms with Gasteiger partial charge in [-0.3, -0.25) is 0 Å². The van der Waals surface area contributed by atoms with Crippen LogP contribution in [-0.2, 0) is 22.7 Å². The molecule has 202 valence electrons. The van der Waals surface area contributed by atoms with E-state index < -0.39 is 0 Å². The number of hydrogen-bond donors (Lipinski definition) is 0. The van der Waals surface area contributed by atoms with Crippen molar-refractivity contribution < 1.29 is 9.47 Å². The van der Waals surface area contributed by atoms with Crippen molar-refractivity contribution in [1.29, 1.82) is 0 Å². The molecule has 0 aromatic heterocycles. The van der Waals surface area contributed by atoms with Crippen molar-refractivity contribution in [3.63, 3.8) is 0 Å². The molecule has 2 rings (SSSR count). The average Bonchev–Trinajstić information content (AvgIpc) is 2.90. The van der Waals surface area contributed by atoms with E-state index in [0.29, 0.717) is 13.2 Å². The number of likely N-dealkylation sites (N-methyl/N-ethyl adjacent to an activating group) is 2. The first-order chi connectivity index (χ1) is 17.6. The van der Waals surface area contributed by atoms with Crippen LogP contribution in [0.25, 0.3) is 11.1 Å². The fourth-order valence-corrected chi connectivity index (χ4v) is 4.34. The molecule has 0 aliphatic rings. The molecular formula is C32H52N2O2. The van der Waals surface area contributed by atoms with Gasteiger partial charge in [-0.25, -0.2) is 0 Å².